The molecule has 0 aliphatic carbocycles. The highest BCUT2D eigenvalue weighted by Crippen LogP contribution is 2.24. The summed E-state index contributed by atoms with van der Waals surface area (Å²) in [5.74, 6) is 1.57. The van der Waals surface area contributed by atoms with Gasteiger partial charge in [0.2, 0.25) is 0 Å². The van der Waals surface area contributed by atoms with Crippen LogP contribution < -0.4 is 0 Å². The van der Waals surface area contributed by atoms with Gasteiger partial charge in [-0.15, -0.1) is 11.6 Å². The first-order valence-electron chi connectivity index (χ1n) is 6.49. The number of halogens is 2. The van der Waals surface area contributed by atoms with Crippen molar-refractivity contribution in [2.45, 2.75) is 13.3 Å². The summed E-state index contributed by atoms with van der Waals surface area (Å²) in [5, 5.41) is 0. The Labute approximate surface area is 131 Å². The fraction of sp³-hybridized carbons (Fsp3) is 0.188. The van der Waals surface area contributed by atoms with Gasteiger partial charge >= 0.3 is 0 Å². The number of hydrogen-bond acceptors (Lipinski definition) is 1. The zero-order valence-corrected chi connectivity index (χ0v) is 13.4. The van der Waals surface area contributed by atoms with Crippen LogP contribution in [0.5, 0.6) is 0 Å². The van der Waals surface area contributed by atoms with Crippen LogP contribution in [-0.2, 0) is 6.42 Å². The predicted molar refractivity (Wildman–Crippen MR) is 87.9 cm³/mol. The molecule has 0 spiro atoms. The summed E-state index contributed by atoms with van der Waals surface area (Å²) in [5.41, 5.74) is 4.49. The van der Waals surface area contributed by atoms with Gasteiger partial charge in [0.1, 0.15) is 5.82 Å². The Morgan fingerprint density at radius 3 is 2.60 bits per heavy atom. The maximum atomic E-state index is 5.92. The number of aryl methyl sites for hydroxylation is 2. The molecule has 3 rings (SSSR count). The third-order valence-corrected chi connectivity index (χ3v) is 4.00. The fourth-order valence-electron chi connectivity index (χ4n) is 2.37. The molecule has 1 heterocycles. The molecule has 2 nitrogen and oxygen atoms in total. The molecule has 0 aliphatic heterocycles. The zero-order chi connectivity index (χ0) is 14.1. The largest absolute Gasteiger partial charge is 0.296 e. The van der Waals surface area contributed by atoms with E-state index in [1.807, 2.05) is 12.1 Å². The lowest BCUT2D eigenvalue weighted by Gasteiger charge is -2.09. The van der Waals surface area contributed by atoms with Crippen LogP contribution in [0.1, 0.15) is 11.4 Å². The molecular weight excluding hydrogens is 336 g/mol. The van der Waals surface area contributed by atoms with E-state index in [-0.39, 0.29) is 0 Å². The molecule has 0 amide bonds. The first-order chi connectivity index (χ1) is 9.69. The second-order valence-corrected chi connectivity index (χ2v) is 6.06. The molecule has 0 unspecified atom stereocenters. The van der Waals surface area contributed by atoms with Crippen LogP contribution in [-0.4, -0.2) is 15.4 Å². The van der Waals surface area contributed by atoms with E-state index in [1.54, 1.807) is 0 Å². The van der Waals surface area contributed by atoms with Gasteiger partial charge in [-0.25, -0.2) is 4.98 Å². The summed E-state index contributed by atoms with van der Waals surface area (Å²) in [4.78, 5) is 4.71. The Morgan fingerprint density at radius 1 is 1.15 bits per heavy atom. The molecule has 0 bridgehead atoms. The van der Waals surface area contributed by atoms with Crippen molar-refractivity contribution in [3.8, 4) is 5.69 Å². The number of alkyl halides is 1. The molecular formula is C16H14BrClN2. The van der Waals surface area contributed by atoms with Gasteiger partial charge in [-0.1, -0.05) is 22.0 Å². The summed E-state index contributed by atoms with van der Waals surface area (Å²) in [6, 6.07) is 14.6. The fourth-order valence-corrected chi connectivity index (χ4v) is 2.80. The molecule has 0 radical (unpaired) electrons. The highest BCUT2D eigenvalue weighted by atomic mass is 79.9. The Bertz CT molecular complexity index is 747. The van der Waals surface area contributed by atoms with Gasteiger partial charge in [0.15, 0.2) is 0 Å². The Kier molecular flexibility index (Phi) is 3.81. The summed E-state index contributed by atoms with van der Waals surface area (Å²) in [6.07, 6.45) is 0.755. The number of hydrogen-bond donors (Lipinski definition) is 0. The first-order valence-corrected chi connectivity index (χ1v) is 7.81. The minimum Gasteiger partial charge on any atom is -0.296 e. The summed E-state index contributed by atoms with van der Waals surface area (Å²) < 4.78 is 3.26. The minimum absolute atomic E-state index is 0.568. The van der Waals surface area contributed by atoms with Gasteiger partial charge in [0, 0.05) is 22.5 Å². The summed E-state index contributed by atoms with van der Waals surface area (Å²) >= 11 is 9.39. The van der Waals surface area contributed by atoms with Crippen molar-refractivity contribution in [1.29, 1.82) is 0 Å². The van der Waals surface area contributed by atoms with Crippen molar-refractivity contribution in [1.82, 2.24) is 9.55 Å². The van der Waals surface area contributed by atoms with Crippen molar-refractivity contribution >= 4 is 38.6 Å². The quantitative estimate of drug-likeness (QED) is 0.616. The van der Waals surface area contributed by atoms with Crippen molar-refractivity contribution in [3.63, 3.8) is 0 Å². The number of aromatic nitrogens is 2. The lowest BCUT2D eigenvalue weighted by Crippen LogP contribution is -2.02. The number of benzene rings is 2. The number of nitrogens with zero attached hydrogens (tertiary/aromatic N) is 2. The summed E-state index contributed by atoms with van der Waals surface area (Å²) in [6.45, 7) is 2.10. The third kappa shape index (κ3) is 2.48. The van der Waals surface area contributed by atoms with E-state index in [2.05, 4.69) is 57.8 Å². The monoisotopic (exact) mass is 348 g/mol. The molecule has 1 aromatic heterocycles. The smallest absolute Gasteiger partial charge is 0.115 e. The number of rotatable bonds is 3. The highest BCUT2D eigenvalue weighted by molar-refractivity contribution is 9.10. The molecule has 0 aliphatic rings. The van der Waals surface area contributed by atoms with Crippen LogP contribution in [0.3, 0.4) is 0 Å². The van der Waals surface area contributed by atoms with Gasteiger partial charge in [-0.05, 0) is 48.9 Å². The van der Waals surface area contributed by atoms with E-state index < -0.39 is 0 Å². The van der Waals surface area contributed by atoms with Crippen LogP contribution >= 0.6 is 27.5 Å². The van der Waals surface area contributed by atoms with E-state index in [0.717, 1.165) is 33.4 Å². The van der Waals surface area contributed by atoms with Crippen molar-refractivity contribution < 1.29 is 0 Å². The van der Waals surface area contributed by atoms with E-state index in [1.165, 1.54) is 5.56 Å². The van der Waals surface area contributed by atoms with Crippen LogP contribution in [0.25, 0.3) is 16.7 Å². The normalized spacial score (nSPS) is 11.2. The molecule has 4 heteroatoms. The van der Waals surface area contributed by atoms with Crippen molar-refractivity contribution in [2.75, 3.05) is 5.88 Å². The Morgan fingerprint density at radius 2 is 1.90 bits per heavy atom. The Balaban J connectivity index is 2.27. The van der Waals surface area contributed by atoms with E-state index in [9.17, 15) is 0 Å². The summed E-state index contributed by atoms with van der Waals surface area (Å²) in [7, 11) is 0. The van der Waals surface area contributed by atoms with E-state index in [0.29, 0.717) is 5.88 Å². The SMILES string of the molecule is Cc1ccc2nc(CCCl)n(-c3ccc(Br)cc3)c2c1. The lowest BCUT2D eigenvalue weighted by molar-refractivity contribution is 0.912. The third-order valence-electron chi connectivity index (χ3n) is 3.28. The maximum absolute atomic E-state index is 5.92. The molecule has 102 valence electrons. The van der Waals surface area contributed by atoms with Crippen molar-refractivity contribution in [2.24, 2.45) is 0 Å². The maximum Gasteiger partial charge on any atom is 0.115 e. The lowest BCUT2D eigenvalue weighted by atomic mass is 10.2. The second kappa shape index (κ2) is 5.58. The average Bonchev–Trinajstić information content (AvgIpc) is 2.78. The highest BCUT2D eigenvalue weighted by Gasteiger charge is 2.12. The predicted octanol–water partition coefficient (Wildman–Crippen LogP) is 4.88. The zero-order valence-electron chi connectivity index (χ0n) is 11.1. The first kappa shape index (κ1) is 13.7. The van der Waals surface area contributed by atoms with Crippen LogP contribution in [0.2, 0.25) is 0 Å². The standard InChI is InChI=1S/C16H14BrClN2/c1-11-2-7-14-15(10-11)20(16(19-14)8-9-18)13-5-3-12(17)4-6-13/h2-7,10H,8-9H2,1H3. The molecule has 0 fully saturated rings. The van der Waals surface area contributed by atoms with Crippen LogP contribution in [0.15, 0.2) is 46.9 Å². The molecule has 2 aromatic carbocycles. The average molecular weight is 350 g/mol. The van der Waals surface area contributed by atoms with Crippen molar-refractivity contribution in [3.05, 3.63) is 58.3 Å². The van der Waals surface area contributed by atoms with Gasteiger partial charge < -0.3 is 0 Å². The molecule has 0 saturated heterocycles. The second-order valence-electron chi connectivity index (χ2n) is 4.77. The number of fused-ring (bicyclic) bond motifs is 1. The van der Waals surface area contributed by atoms with Gasteiger partial charge in [0.25, 0.3) is 0 Å². The minimum atomic E-state index is 0.568. The molecule has 20 heavy (non-hydrogen) atoms. The van der Waals surface area contributed by atoms with Gasteiger partial charge in [0.05, 0.1) is 11.0 Å². The van der Waals surface area contributed by atoms with Gasteiger partial charge in [-0.2, -0.15) is 0 Å². The molecule has 0 N–H and O–H groups in total. The van der Waals surface area contributed by atoms with Crippen LogP contribution in [0.4, 0.5) is 0 Å². The Hall–Kier alpha value is -1.32. The topological polar surface area (TPSA) is 17.8 Å². The number of imidazole rings is 1. The molecule has 3 aromatic rings. The van der Waals surface area contributed by atoms with Crippen LogP contribution in [0, 0.1) is 6.92 Å². The molecule has 0 atom stereocenters. The van der Waals surface area contributed by atoms with E-state index >= 15 is 0 Å². The van der Waals surface area contributed by atoms with E-state index in [4.69, 9.17) is 16.6 Å². The molecule has 0 saturated carbocycles. The van der Waals surface area contributed by atoms with Gasteiger partial charge in [-0.3, -0.25) is 4.57 Å².